The lowest BCUT2D eigenvalue weighted by atomic mass is 9.95. The number of sulfone groups is 1. The molecular weight excluding hydrogens is 286 g/mol. The Morgan fingerprint density at radius 3 is 2.76 bits per heavy atom. The number of rotatable bonds is 5. The second kappa shape index (κ2) is 5.72. The van der Waals surface area contributed by atoms with E-state index in [4.69, 9.17) is 0 Å². The molecule has 2 fully saturated rings. The van der Waals surface area contributed by atoms with Crippen LogP contribution in [0.4, 0.5) is 0 Å². The highest BCUT2D eigenvalue weighted by atomic mass is 32.2. The summed E-state index contributed by atoms with van der Waals surface area (Å²) in [6.45, 7) is 2.91. The molecule has 2 aliphatic carbocycles. The fourth-order valence-electron chi connectivity index (χ4n) is 3.17. The Kier molecular flexibility index (Phi) is 4.10. The van der Waals surface area contributed by atoms with Crippen molar-refractivity contribution in [1.29, 1.82) is 0 Å². The molecule has 6 heteroatoms. The van der Waals surface area contributed by atoms with E-state index in [0.717, 1.165) is 31.5 Å². The van der Waals surface area contributed by atoms with Crippen LogP contribution in [-0.2, 0) is 16.4 Å². The van der Waals surface area contributed by atoms with Crippen molar-refractivity contribution >= 4 is 9.84 Å². The molecule has 2 unspecified atom stereocenters. The number of nitrogens with zero attached hydrogens (tertiary/aromatic N) is 2. The van der Waals surface area contributed by atoms with Gasteiger partial charge in [0.15, 0.2) is 0 Å². The largest absolute Gasteiger partial charge is 0.310 e. The van der Waals surface area contributed by atoms with Crippen LogP contribution in [0.2, 0.25) is 0 Å². The van der Waals surface area contributed by atoms with Crippen molar-refractivity contribution in [3.63, 3.8) is 0 Å². The summed E-state index contributed by atoms with van der Waals surface area (Å²) in [4.78, 5) is 0. The third-order valence-corrected chi connectivity index (χ3v) is 6.39. The molecule has 5 nitrogen and oxygen atoms in total. The van der Waals surface area contributed by atoms with Gasteiger partial charge in [0.1, 0.15) is 9.84 Å². The van der Waals surface area contributed by atoms with Gasteiger partial charge in [-0.25, -0.2) is 8.42 Å². The van der Waals surface area contributed by atoms with Crippen LogP contribution in [0.15, 0.2) is 6.20 Å². The van der Waals surface area contributed by atoms with E-state index >= 15 is 0 Å². The van der Waals surface area contributed by atoms with Gasteiger partial charge in [0.25, 0.3) is 0 Å². The van der Waals surface area contributed by atoms with Crippen LogP contribution in [0, 0.1) is 6.92 Å². The average Bonchev–Trinajstić information content (AvgIpc) is 3.19. The van der Waals surface area contributed by atoms with Crippen LogP contribution in [0.1, 0.15) is 55.8 Å². The summed E-state index contributed by atoms with van der Waals surface area (Å²) in [7, 11) is -2.94. The summed E-state index contributed by atoms with van der Waals surface area (Å²) in [5.41, 5.74) is 2.30. The van der Waals surface area contributed by atoms with Gasteiger partial charge in [-0.3, -0.25) is 4.68 Å². The van der Waals surface area contributed by atoms with Crippen LogP contribution in [0.3, 0.4) is 0 Å². The van der Waals surface area contributed by atoms with Crippen molar-refractivity contribution in [3.05, 3.63) is 17.5 Å². The second-order valence-corrected chi connectivity index (χ2v) is 8.97. The molecule has 21 heavy (non-hydrogen) atoms. The van der Waals surface area contributed by atoms with Gasteiger partial charge in [0, 0.05) is 30.6 Å². The molecule has 118 valence electrons. The standard InChI is InChI=1S/C15H25N3O2S/c1-11-12(9-16-13-6-7-13)10-18(17-11)14-4-3-5-15(8-14)21(2,19)20/h10,13-16H,3-9H2,1-2H3. The Balaban J connectivity index is 1.69. The molecule has 1 aromatic heterocycles. The first kappa shape index (κ1) is 15.0. The molecule has 0 aliphatic heterocycles. The molecule has 0 aromatic carbocycles. The second-order valence-electron chi connectivity index (χ2n) is 6.65. The number of hydrogen-bond donors (Lipinski definition) is 1. The van der Waals surface area contributed by atoms with Crippen molar-refractivity contribution in [2.45, 2.75) is 69.3 Å². The molecule has 1 heterocycles. The molecule has 0 saturated heterocycles. The van der Waals surface area contributed by atoms with Gasteiger partial charge in [0.05, 0.1) is 17.0 Å². The summed E-state index contributed by atoms with van der Waals surface area (Å²) >= 11 is 0. The first-order chi connectivity index (χ1) is 9.93. The molecule has 2 aliphatic rings. The SMILES string of the molecule is Cc1nn(C2CCCC(S(C)(=O)=O)C2)cc1CNC1CC1. The molecule has 1 N–H and O–H groups in total. The smallest absolute Gasteiger partial charge is 0.150 e. The van der Waals surface area contributed by atoms with Gasteiger partial charge < -0.3 is 5.32 Å². The van der Waals surface area contributed by atoms with E-state index in [1.165, 1.54) is 24.7 Å². The maximum atomic E-state index is 11.8. The Hall–Kier alpha value is -0.880. The highest BCUT2D eigenvalue weighted by Crippen LogP contribution is 2.32. The van der Waals surface area contributed by atoms with Crippen LogP contribution < -0.4 is 5.32 Å². The van der Waals surface area contributed by atoms with E-state index in [9.17, 15) is 8.42 Å². The Bertz CT molecular complexity index is 604. The fourth-order valence-corrected chi connectivity index (χ4v) is 4.34. The summed E-state index contributed by atoms with van der Waals surface area (Å²) in [6, 6.07) is 0.920. The van der Waals surface area contributed by atoms with Gasteiger partial charge in [0.2, 0.25) is 0 Å². The maximum absolute atomic E-state index is 11.8. The zero-order valence-corrected chi connectivity index (χ0v) is 13.7. The maximum Gasteiger partial charge on any atom is 0.150 e. The number of nitrogens with one attached hydrogen (secondary N) is 1. The Morgan fingerprint density at radius 1 is 1.33 bits per heavy atom. The van der Waals surface area contributed by atoms with Gasteiger partial charge in [-0.05, 0) is 39.0 Å². The zero-order valence-electron chi connectivity index (χ0n) is 12.9. The van der Waals surface area contributed by atoms with Crippen LogP contribution in [0.25, 0.3) is 0 Å². The molecule has 3 rings (SSSR count). The predicted octanol–water partition coefficient (Wildman–Crippen LogP) is 1.97. The Labute approximate surface area is 127 Å². The van der Waals surface area contributed by atoms with Gasteiger partial charge in [-0.1, -0.05) is 6.42 Å². The minimum absolute atomic E-state index is 0.200. The molecule has 1 aromatic rings. The fraction of sp³-hybridized carbons (Fsp3) is 0.800. The van der Waals surface area contributed by atoms with Crippen LogP contribution in [0.5, 0.6) is 0 Å². The third-order valence-electron chi connectivity index (χ3n) is 4.75. The van der Waals surface area contributed by atoms with Gasteiger partial charge >= 0.3 is 0 Å². The number of aromatic nitrogens is 2. The monoisotopic (exact) mass is 311 g/mol. The van der Waals surface area contributed by atoms with Gasteiger partial charge in [-0.15, -0.1) is 0 Å². The average molecular weight is 311 g/mol. The van der Waals surface area contributed by atoms with E-state index in [1.807, 2.05) is 11.6 Å². The molecule has 0 bridgehead atoms. The minimum Gasteiger partial charge on any atom is -0.310 e. The summed E-state index contributed by atoms with van der Waals surface area (Å²) < 4.78 is 25.6. The Morgan fingerprint density at radius 2 is 2.10 bits per heavy atom. The van der Waals surface area contributed by atoms with E-state index in [1.54, 1.807) is 0 Å². The normalized spacial score (nSPS) is 27.0. The topological polar surface area (TPSA) is 64.0 Å². The lowest BCUT2D eigenvalue weighted by Crippen LogP contribution is -2.29. The number of hydrogen-bond acceptors (Lipinski definition) is 4. The molecule has 2 saturated carbocycles. The van der Waals surface area contributed by atoms with E-state index in [-0.39, 0.29) is 11.3 Å². The highest BCUT2D eigenvalue weighted by molar-refractivity contribution is 7.91. The molecular formula is C15H25N3O2S. The van der Waals surface area contributed by atoms with Crippen molar-refractivity contribution in [2.24, 2.45) is 0 Å². The molecule has 0 amide bonds. The van der Waals surface area contributed by atoms with Crippen molar-refractivity contribution in [1.82, 2.24) is 15.1 Å². The first-order valence-corrected chi connectivity index (χ1v) is 9.86. The summed E-state index contributed by atoms with van der Waals surface area (Å²) in [6.07, 6.45) is 9.54. The van der Waals surface area contributed by atoms with E-state index in [0.29, 0.717) is 12.5 Å². The third kappa shape index (κ3) is 3.66. The van der Waals surface area contributed by atoms with Crippen molar-refractivity contribution < 1.29 is 8.42 Å². The van der Waals surface area contributed by atoms with Gasteiger partial charge in [-0.2, -0.15) is 5.10 Å². The van der Waals surface area contributed by atoms with Crippen LogP contribution in [-0.4, -0.2) is 35.7 Å². The highest BCUT2D eigenvalue weighted by Gasteiger charge is 2.30. The van der Waals surface area contributed by atoms with Crippen molar-refractivity contribution in [2.75, 3.05) is 6.26 Å². The minimum atomic E-state index is -2.94. The first-order valence-electron chi connectivity index (χ1n) is 7.90. The predicted molar refractivity (Wildman–Crippen MR) is 83.0 cm³/mol. The molecule has 2 atom stereocenters. The van der Waals surface area contributed by atoms with E-state index < -0.39 is 9.84 Å². The lowest BCUT2D eigenvalue weighted by Gasteiger charge is -2.28. The number of aryl methyl sites for hydroxylation is 1. The van der Waals surface area contributed by atoms with Crippen LogP contribution >= 0.6 is 0 Å². The van der Waals surface area contributed by atoms with Crippen molar-refractivity contribution in [3.8, 4) is 0 Å². The molecule has 0 radical (unpaired) electrons. The quantitative estimate of drug-likeness (QED) is 0.903. The summed E-state index contributed by atoms with van der Waals surface area (Å²) in [5.74, 6) is 0. The molecule has 0 spiro atoms. The van der Waals surface area contributed by atoms with E-state index in [2.05, 4.69) is 16.6 Å². The lowest BCUT2D eigenvalue weighted by molar-refractivity contribution is 0.328. The summed E-state index contributed by atoms with van der Waals surface area (Å²) in [5, 5.41) is 7.94. The zero-order chi connectivity index (χ0) is 15.0.